The molecule has 0 spiro atoms. The average Bonchev–Trinajstić information content (AvgIpc) is 2.59. The summed E-state index contributed by atoms with van der Waals surface area (Å²) >= 11 is 5.40. The number of benzene rings is 1. The molecular formula is C20H30ClFN2O. The Kier molecular flexibility index (Phi) is 8.70. The largest absolute Gasteiger partial charge is 0.346 e. The summed E-state index contributed by atoms with van der Waals surface area (Å²) in [4.78, 5) is 13.4. The second-order valence-electron chi connectivity index (χ2n) is 7.19. The first kappa shape index (κ1) is 20.2. The monoisotopic (exact) mass is 368 g/mol. The molecule has 1 heterocycles. The molecule has 25 heavy (non-hydrogen) atoms. The molecule has 1 saturated heterocycles. The first-order valence-corrected chi connectivity index (χ1v) is 9.81. The van der Waals surface area contributed by atoms with E-state index in [2.05, 4.69) is 5.32 Å². The number of carbonyl (C=O) groups is 1. The zero-order valence-electron chi connectivity index (χ0n) is 15.1. The topological polar surface area (TPSA) is 32.3 Å². The minimum atomic E-state index is -0.294. The summed E-state index contributed by atoms with van der Waals surface area (Å²) in [7, 11) is 1.90. The molecule has 1 unspecified atom stereocenters. The Labute approximate surface area is 155 Å². The summed E-state index contributed by atoms with van der Waals surface area (Å²) in [6, 6.07) is 6.25. The lowest BCUT2D eigenvalue weighted by Gasteiger charge is -2.30. The van der Waals surface area contributed by atoms with Crippen LogP contribution in [0.5, 0.6) is 0 Å². The number of halogens is 2. The lowest BCUT2D eigenvalue weighted by Crippen LogP contribution is -2.44. The highest BCUT2D eigenvalue weighted by Gasteiger charge is 2.22. The van der Waals surface area contributed by atoms with E-state index >= 15 is 0 Å². The van der Waals surface area contributed by atoms with E-state index in [4.69, 9.17) is 11.6 Å². The molecule has 0 radical (unpaired) electrons. The molecule has 1 saturated carbocycles. The highest BCUT2D eigenvalue weighted by Crippen LogP contribution is 2.25. The zero-order valence-corrected chi connectivity index (χ0v) is 15.9. The smallest absolute Gasteiger partial charge is 0.223 e. The van der Waals surface area contributed by atoms with Gasteiger partial charge in [0.2, 0.25) is 5.91 Å². The van der Waals surface area contributed by atoms with Crippen molar-refractivity contribution in [3.05, 3.63) is 35.1 Å². The fourth-order valence-electron chi connectivity index (χ4n) is 3.54. The number of rotatable bonds is 4. The van der Waals surface area contributed by atoms with Crippen molar-refractivity contribution >= 4 is 17.5 Å². The van der Waals surface area contributed by atoms with Crippen LogP contribution in [0.15, 0.2) is 24.3 Å². The minimum Gasteiger partial charge on any atom is -0.346 e. The summed E-state index contributed by atoms with van der Waals surface area (Å²) in [5.41, 5.74) is 0. The van der Waals surface area contributed by atoms with Gasteiger partial charge in [0.25, 0.3) is 0 Å². The van der Waals surface area contributed by atoms with E-state index in [0.29, 0.717) is 23.4 Å². The lowest BCUT2D eigenvalue weighted by atomic mass is 9.87. The molecule has 1 aromatic rings. The number of nitrogens with one attached hydrogen (secondary N) is 1. The Morgan fingerprint density at radius 2 is 2.00 bits per heavy atom. The maximum atomic E-state index is 12.1. The third-order valence-electron chi connectivity index (χ3n) is 5.16. The predicted octanol–water partition coefficient (Wildman–Crippen LogP) is 4.65. The summed E-state index contributed by atoms with van der Waals surface area (Å²) in [6.07, 6.45) is 10.3. The molecule has 1 aliphatic heterocycles. The van der Waals surface area contributed by atoms with Crippen LogP contribution in [0.3, 0.4) is 0 Å². The van der Waals surface area contributed by atoms with Crippen molar-refractivity contribution in [3.63, 3.8) is 0 Å². The Bertz CT molecular complexity index is 517. The van der Waals surface area contributed by atoms with Gasteiger partial charge in [0.05, 0.1) is 0 Å². The number of hydrogen-bond acceptors (Lipinski definition) is 2. The van der Waals surface area contributed by atoms with Crippen LogP contribution in [0.4, 0.5) is 4.39 Å². The third-order valence-corrected chi connectivity index (χ3v) is 5.39. The third kappa shape index (κ3) is 7.74. The number of likely N-dealkylation sites (tertiary alicyclic amines) is 1. The van der Waals surface area contributed by atoms with Gasteiger partial charge in [-0.3, -0.25) is 4.79 Å². The zero-order chi connectivity index (χ0) is 18.1. The normalized spacial score (nSPS) is 21.6. The van der Waals surface area contributed by atoms with E-state index in [0.717, 1.165) is 25.4 Å². The summed E-state index contributed by atoms with van der Waals surface area (Å²) in [5.74, 6) is 0.946. The first-order chi connectivity index (χ1) is 12.0. The van der Waals surface area contributed by atoms with Crippen LogP contribution in [0.2, 0.25) is 5.02 Å². The molecule has 1 aliphatic carbocycles. The van der Waals surface area contributed by atoms with Crippen molar-refractivity contribution in [2.24, 2.45) is 5.92 Å². The van der Waals surface area contributed by atoms with Crippen molar-refractivity contribution in [1.29, 1.82) is 0 Å². The van der Waals surface area contributed by atoms with Crippen molar-refractivity contribution in [2.75, 3.05) is 20.1 Å². The molecule has 1 N–H and O–H groups in total. The quantitative estimate of drug-likeness (QED) is 0.839. The Morgan fingerprint density at radius 3 is 2.60 bits per heavy atom. The van der Waals surface area contributed by atoms with Crippen LogP contribution in [0, 0.1) is 11.7 Å². The maximum absolute atomic E-state index is 12.1. The van der Waals surface area contributed by atoms with E-state index in [9.17, 15) is 9.18 Å². The van der Waals surface area contributed by atoms with Gasteiger partial charge in [-0.05, 0) is 43.5 Å². The molecule has 0 aromatic heterocycles. The van der Waals surface area contributed by atoms with E-state index in [1.54, 1.807) is 12.1 Å². The fourth-order valence-corrected chi connectivity index (χ4v) is 3.72. The Morgan fingerprint density at radius 1 is 1.24 bits per heavy atom. The van der Waals surface area contributed by atoms with Gasteiger partial charge in [0, 0.05) is 31.1 Å². The van der Waals surface area contributed by atoms with E-state index in [1.807, 2.05) is 11.9 Å². The number of nitrogens with zero attached hydrogens (tertiary/aromatic N) is 1. The van der Waals surface area contributed by atoms with Gasteiger partial charge in [-0.15, -0.1) is 0 Å². The summed E-state index contributed by atoms with van der Waals surface area (Å²) in [5, 5.41) is 4.01. The molecule has 1 amide bonds. The van der Waals surface area contributed by atoms with Gasteiger partial charge in [0.15, 0.2) is 0 Å². The van der Waals surface area contributed by atoms with Gasteiger partial charge < -0.3 is 10.2 Å². The fraction of sp³-hybridized carbons (Fsp3) is 0.650. The van der Waals surface area contributed by atoms with Crippen LogP contribution < -0.4 is 5.32 Å². The van der Waals surface area contributed by atoms with Gasteiger partial charge in [-0.1, -0.05) is 49.8 Å². The molecule has 1 aromatic carbocycles. The van der Waals surface area contributed by atoms with Crippen molar-refractivity contribution in [2.45, 2.75) is 57.4 Å². The molecule has 3 nitrogen and oxygen atoms in total. The van der Waals surface area contributed by atoms with Gasteiger partial charge in [-0.25, -0.2) is 4.39 Å². The molecule has 0 bridgehead atoms. The first-order valence-electron chi connectivity index (χ1n) is 9.43. The van der Waals surface area contributed by atoms with Crippen molar-refractivity contribution in [3.8, 4) is 0 Å². The van der Waals surface area contributed by atoms with E-state index in [1.165, 1.54) is 50.7 Å². The predicted molar refractivity (Wildman–Crippen MR) is 101 cm³/mol. The van der Waals surface area contributed by atoms with Gasteiger partial charge >= 0.3 is 0 Å². The van der Waals surface area contributed by atoms with Crippen molar-refractivity contribution < 1.29 is 9.18 Å². The highest BCUT2D eigenvalue weighted by atomic mass is 35.5. The highest BCUT2D eigenvalue weighted by molar-refractivity contribution is 6.30. The van der Waals surface area contributed by atoms with Crippen LogP contribution in [0.1, 0.15) is 51.4 Å². The van der Waals surface area contributed by atoms with Crippen LogP contribution in [-0.2, 0) is 4.79 Å². The van der Waals surface area contributed by atoms with Gasteiger partial charge in [-0.2, -0.15) is 0 Å². The SMILES string of the molecule is CN1CCC(NCCC2CCCCC2)CC1=O.Fc1cccc(Cl)c1. The van der Waals surface area contributed by atoms with E-state index < -0.39 is 0 Å². The standard InChI is InChI=1S/C14H26N2O.C6H4ClF/c1-16-10-8-13(11-14(16)17)15-9-7-12-5-3-2-4-6-12;7-5-2-1-3-6(8)4-5/h12-13,15H,2-11H2,1H3;1-4H. The Balaban J connectivity index is 0.000000236. The molecule has 2 fully saturated rings. The summed E-state index contributed by atoms with van der Waals surface area (Å²) < 4.78 is 12.1. The summed E-state index contributed by atoms with van der Waals surface area (Å²) in [6.45, 7) is 2.02. The van der Waals surface area contributed by atoms with Crippen molar-refractivity contribution in [1.82, 2.24) is 10.2 Å². The number of hydrogen-bond donors (Lipinski definition) is 1. The Hall–Kier alpha value is -1.13. The minimum absolute atomic E-state index is 0.294. The maximum Gasteiger partial charge on any atom is 0.223 e. The molecule has 3 rings (SSSR count). The molecule has 1 atom stereocenters. The van der Waals surface area contributed by atoms with Crippen LogP contribution >= 0.6 is 11.6 Å². The van der Waals surface area contributed by atoms with Crippen LogP contribution in [0.25, 0.3) is 0 Å². The molecule has 140 valence electrons. The second kappa shape index (κ2) is 10.8. The number of amides is 1. The number of carbonyl (C=O) groups excluding carboxylic acids is 1. The van der Waals surface area contributed by atoms with Crippen LogP contribution in [-0.4, -0.2) is 37.0 Å². The number of piperidine rings is 1. The molecule has 5 heteroatoms. The second-order valence-corrected chi connectivity index (χ2v) is 7.63. The van der Waals surface area contributed by atoms with Gasteiger partial charge in [0.1, 0.15) is 5.82 Å². The molecule has 2 aliphatic rings. The molecular weight excluding hydrogens is 339 g/mol. The average molecular weight is 369 g/mol. The lowest BCUT2D eigenvalue weighted by molar-refractivity contribution is -0.132. The van der Waals surface area contributed by atoms with E-state index in [-0.39, 0.29) is 5.82 Å².